The molecule has 0 atom stereocenters. The summed E-state index contributed by atoms with van der Waals surface area (Å²) in [4.78, 5) is 4.42. The van der Waals surface area contributed by atoms with Crippen molar-refractivity contribution in [2.24, 2.45) is 0 Å². The van der Waals surface area contributed by atoms with Crippen molar-refractivity contribution < 1.29 is 5.11 Å². The normalized spacial score (nSPS) is 10.8. The second-order valence-electron chi connectivity index (χ2n) is 3.39. The van der Waals surface area contributed by atoms with Crippen LogP contribution in [0, 0.1) is 13.8 Å². The molecule has 14 heavy (non-hydrogen) atoms. The van der Waals surface area contributed by atoms with Gasteiger partial charge in [0, 0.05) is 9.86 Å². The molecule has 1 aromatic carbocycles. The van der Waals surface area contributed by atoms with E-state index in [2.05, 4.69) is 20.9 Å². The lowest BCUT2D eigenvalue weighted by atomic mass is 10.1. The molecule has 1 aromatic heterocycles. The number of benzene rings is 1. The van der Waals surface area contributed by atoms with E-state index in [0.29, 0.717) is 5.75 Å². The van der Waals surface area contributed by atoms with Crippen LogP contribution in [0.5, 0.6) is 5.75 Å². The molecule has 0 fully saturated rings. The van der Waals surface area contributed by atoms with Crippen molar-refractivity contribution in [1.29, 1.82) is 0 Å². The van der Waals surface area contributed by atoms with Crippen molar-refractivity contribution in [2.45, 2.75) is 13.8 Å². The number of hydrogen-bond donors (Lipinski definition) is 1. The number of nitrogens with zero attached hydrogens (tertiary/aromatic N) is 1. The molecular formula is C11H10BrNO. The Balaban J connectivity index is 2.83. The number of aromatic hydroxyl groups is 1. The minimum Gasteiger partial charge on any atom is -0.508 e. The minimum atomic E-state index is 0.315. The zero-order valence-corrected chi connectivity index (χ0v) is 9.59. The van der Waals surface area contributed by atoms with Crippen LogP contribution in [-0.2, 0) is 0 Å². The zero-order chi connectivity index (χ0) is 10.3. The summed E-state index contributed by atoms with van der Waals surface area (Å²) >= 11 is 3.42. The molecule has 0 aliphatic heterocycles. The predicted molar refractivity (Wildman–Crippen MR) is 60.6 cm³/mol. The Morgan fingerprint density at radius 3 is 2.64 bits per heavy atom. The van der Waals surface area contributed by atoms with Crippen molar-refractivity contribution in [3.8, 4) is 5.75 Å². The van der Waals surface area contributed by atoms with E-state index in [1.165, 1.54) is 0 Å². The van der Waals surface area contributed by atoms with Gasteiger partial charge in [0.25, 0.3) is 0 Å². The van der Waals surface area contributed by atoms with Crippen LogP contribution in [0.15, 0.2) is 22.7 Å². The third-order valence-corrected chi connectivity index (χ3v) is 3.06. The average Bonchev–Trinajstić information content (AvgIpc) is 2.11. The molecule has 0 saturated carbocycles. The number of phenols is 1. The fourth-order valence-corrected chi connectivity index (χ4v) is 1.72. The fraction of sp³-hybridized carbons (Fsp3) is 0.182. The van der Waals surface area contributed by atoms with E-state index in [-0.39, 0.29) is 0 Å². The van der Waals surface area contributed by atoms with Gasteiger partial charge in [-0.25, -0.2) is 0 Å². The number of halogens is 1. The summed E-state index contributed by atoms with van der Waals surface area (Å²) in [5.74, 6) is 0.315. The number of rotatable bonds is 0. The molecule has 0 amide bonds. The van der Waals surface area contributed by atoms with Gasteiger partial charge >= 0.3 is 0 Å². The molecule has 0 saturated heterocycles. The number of hydrogen-bond acceptors (Lipinski definition) is 2. The lowest BCUT2D eigenvalue weighted by Crippen LogP contribution is -1.86. The molecule has 2 nitrogen and oxygen atoms in total. The summed E-state index contributed by atoms with van der Waals surface area (Å²) < 4.78 is 0.966. The zero-order valence-electron chi connectivity index (χ0n) is 8.00. The lowest BCUT2D eigenvalue weighted by molar-refractivity contribution is 0.472. The molecule has 0 aliphatic rings. The summed E-state index contributed by atoms with van der Waals surface area (Å²) in [6, 6.07) is 5.60. The number of fused-ring (bicyclic) bond motifs is 1. The topological polar surface area (TPSA) is 33.1 Å². The van der Waals surface area contributed by atoms with Crippen molar-refractivity contribution in [2.75, 3.05) is 0 Å². The number of pyridine rings is 1. The van der Waals surface area contributed by atoms with E-state index >= 15 is 0 Å². The standard InChI is InChI=1S/C11H10BrNO/c1-6-3-10-8(5-11(6)14)4-9(12)7(2)13-10/h3-5,14H,1-2H3. The van der Waals surface area contributed by atoms with Gasteiger partial charge in [-0.3, -0.25) is 4.98 Å². The second-order valence-corrected chi connectivity index (χ2v) is 4.24. The van der Waals surface area contributed by atoms with E-state index in [1.54, 1.807) is 6.07 Å². The van der Waals surface area contributed by atoms with Crippen LogP contribution in [-0.4, -0.2) is 10.1 Å². The quantitative estimate of drug-likeness (QED) is 0.780. The molecule has 0 bridgehead atoms. The van der Waals surface area contributed by atoms with Crippen LogP contribution in [0.3, 0.4) is 0 Å². The molecule has 0 unspecified atom stereocenters. The van der Waals surface area contributed by atoms with E-state index < -0.39 is 0 Å². The van der Waals surface area contributed by atoms with Gasteiger partial charge in [-0.1, -0.05) is 0 Å². The van der Waals surface area contributed by atoms with Crippen LogP contribution in [0.2, 0.25) is 0 Å². The average molecular weight is 252 g/mol. The summed E-state index contributed by atoms with van der Waals surface area (Å²) in [5.41, 5.74) is 2.73. The molecule has 72 valence electrons. The Bertz CT molecular complexity index is 419. The Labute approximate surface area is 90.7 Å². The van der Waals surface area contributed by atoms with Crippen LogP contribution in [0.4, 0.5) is 0 Å². The molecule has 0 aliphatic carbocycles. The molecule has 3 heteroatoms. The highest BCUT2D eigenvalue weighted by molar-refractivity contribution is 9.10. The van der Waals surface area contributed by atoms with Crippen molar-refractivity contribution in [3.63, 3.8) is 0 Å². The van der Waals surface area contributed by atoms with Crippen molar-refractivity contribution in [3.05, 3.63) is 33.9 Å². The molecule has 0 radical (unpaired) electrons. The third-order valence-electron chi connectivity index (χ3n) is 2.26. The first-order chi connectivity index (χ1) is 6.58. The van der Waals surface area contributed by atoms with Gasteiger partial charge in [0.15, 0.2) is 0 Å². The molecule has 1 heterocycles. The first kappa shape index (κ1) is 9.46. The highest BCUT2D eigenvalue weighted by Crippen LogP contribution is 2.26. The van der Waals surface area contributed by atoms with Crippen molar-refractivity contribution in [1.82, 2.24) is 4.98 Å². The van der Waals surface area contributed by atoms with E-state index in [4.69, 9.17) is 0 Å². The van der Waals surface area contributed by atoms with E-state index in [0.717, 1.165) is 26.6 Å². The summed E-state index contributed by atoms with van der Waals surface area (Å²) in [6.07, 6.45) is 0. The maximum Gasteiger partial charge on any atom is 0.119 e. The smallest absolute Gasteiger partial charge is 0.119 e. The van der Waals surface area contributed by atoms with Gasteiger partial charge in [-0.05, 0) is 53.5 Å². The van der Waals surface area contributed by atoms with Crippen LogP contribution < -0.4 is 0 Å². The van der Waals surface area contributed by atoms with Gasteiger partial charge in [0.1, 0.15) is 5.75 Å². The number of phenolic OH excluding ortho intramolecular Hbond substituents is 1. The maximum absolute atomic E-state index is 9.53. The van der Waals surface area contributed by atoms with Crippen LogP contribution in [0.1, 0.15) is 11.3 Å². The van der Waals surface area contributed by atoms with Crippen LogP contribution >= 0.6 is 15.9 Å². The maximum atomic E-state index is 9.53. The molecule has 2 rings (SSSR count). The molecular weight excluding hydrogens is 242 g/mol. The highest BCUT2D eigenvalue weighted by Gasteiger charge is 2.03. The molecule has 0 spiro atoms. The SMILES string of the molecule is Cc1cc2nc(C)c(Br)cc2cc1O. The Morgan fingerprint density at radius 1 is 1.21 bits per heavy atom. The summed E-state index contributed by atoms with van der Waals surface area (Å²) in [6.45, 7) is 3.82. The number of aryl methyl sites for hydroxylation is 2. The third kappa shape index (κ3) is 1.48. The Morgan fingerprint density at radius 2 is 1.93 bits per heavy atom. The van der Waals surface area contributed by atoms with E-state index in [1.807, 2.05) is 26.0 Å². The van der Waals surface area contributed by atoms with Gasteiger partial charge in [0.2, 0.25) is 0 Å². The summed E-state index contributed by atoms with van der Waals surface area (Å²) in [7, 11) is 0. The number of aromatic nitrogens is 1. The first-order valence-corrected chi connectivity index (χ1v) is 5.13. The largest absolute Gasteiger partial charge is 0.508 e. The van der Waals surface area contributed by atoms with Crippen LogP contribution in [0.25, 0.3) is 10.9 Å². The minimum absolute atomic E-state index is 0.315. The molecule has 2 aromatic rings. The summed E-state index contributed by atoms with van der Waals surface area (Å²) in [5, 5.41) is 10.5. The monoisotopic (exact) mass is 251 g/mol. The molecule has 1 N–H and O–H groups in total. The van der Waals surface area contributed by atoms with Gasteiger partial charge in [-0.2, -0.15) is 0 Å². The van der Waals surface area contributed by atoms with Gasteiger partial charge < -0.3 is 5.11 Å². The fourth-order valence-electron chi connectivity index (χ4n) is 1.38. The highest BCUT2D eigenvalue weighted by atomic mass is 79.9. The van der Waals surface area contributed by atoms with Crippen molar-refractivity contribution >= 4 is 26.8 Å². The second kappa shape index (κ2) is 3.24. The lowest BCUT2D eigenvalue weighted by Gasteiger charge is -2.04. The van der Waals surface area contributed by atoms with E-state index in [9.17, 15) is 5.11 Å². The van der Waals surface area contributed by atoms with Gasteiger partial charge in [-0.15, -0.1) is 0 Å². The van der Waals surface area contributed by atoms with Gasteiger partial charge in [0.05, 0.1) is 11.2 Å². The Kier molecular flexibility index (Phi) is 2.19. The predicted octanol–water partition coefficient (Wildman–Crippen LogP) is 3.32. The first-order valence-electron chi connectivity index (χ1n) is 4.34. The Hall–Kier alpha value is -1.09.